The number of amides is 2. The summed E-state index contributed by atoms with van der Waals surface area (Å²) in [6.07, 6.45) is 2.38. The maximum atomic E-state index is 12.8. The molecular weight excluding hydrogens is 492 g/mol. The van der Waals surface area contributed by atoms with E-state index in [2.05, 4.69) is 10.4 Å². The van der Waals surface area contributed by atoms with E-state index in [0.29, 0.717) is 46.8 Å². The Hall–Kier alpha value is -4.44. The van der Waals surface area contributed by atoms with Crippen molar-refractivity contribution in [2.24, 2.45) is 5.73 Å². The zero-order chi connectivity index (χ0) is 26.3. The standard InChI is InChI=1S/C27H24N4O5S/c1-36-20-10-4-17(5-11-20)27(33)29-18-7-3-16-6-14-22-24(26(28)32)30-31(25(22)23(16)15-18)19-8-12-21(13-9-19)37(2,34)35/h3-5,7-13,15H,6,14H2,1-2H3,(H2,28,32)(H,29,33). The van der Waals surface area contributed by atoms with E-state index in [4.69, 9.17) is 10.5 Å². The summed E-state index contributed by atoms with van der Waals surface area (Å²) < 4.78 is 30.6. The molecule has 3 aromatic carbocycles. The van der Waals surface area contributed by atoms with Gasteiger partial charge in [0.05, 0.1) is 23.4 Å². The molecule has 3 N–H and O–H groups in total. The smallest absolute Gasteiger partial charge is 0.269 e. The summed E-state index contributed by atoms with van der Waals surface area (Å²) >= 11 is 0. The number of sulfone groups is 1. The largest absolute Gasteiger partial charge is 0.497 e. The summed E-state index contributed by atoms with van der Waals surface area (Å²) in [4.78, 5) is 25.3. The number of methoxy groups -OCH3 is 1. The van der Waals surface area contributed by atoms with Gasteiger partial charge in [-0.05, 0) is 79.1 Å². The van der Waals surface area contributed by atoms with E-state index in [1.165, 1.54) is 12.1 Å². The molecule has 0 fully saturated rings. The van der Waals surface area contributed by atoms with E-state index in [1.54, 1.807) is 48.2 Å². The molecule has 0 atom stereocenters. The third-order valence-corrected chi connectivity index (χ3v) is 7.47. The first-order valence-corrected chi connectivity index (χ1v) is 13.4. The van der Waals surface area contributed by atoms with Crippen LogP contribution < -0.4 is 15.8 Å². The molecule has 0 saturated heterocycles. The Kier molecular flexibility index (Phi) is 6.04. The number of aromatic nitrogens is 2. The molecule has 1 heterocycles. The molecule has 1 aliphatic rings. The molecule has 0 unspecified atom stereocenters. The summed E-state index contributed by atoms with van der Waals surface area (Å²) in [6, 6.07) is 18.7. The normalized spacial score (nSPS) is 12.4. The Labute approximate surface area is 213 Å². The van der Waals surface area contributed by atoms with Gasteiger partial charge >= 0.3 is 0 Å². The average Bonchev–Trinajstić information content (AvgIpc) is 3.29. The molecule has 10 heteroatoms. The minimum atomic E-state index is -3.37. The number of rotatable bonds is 6. The summed E-state index contributed by atoms with van der Waals surface area (Å²) in [7, 11) is -1.81. The molecule has 2 amide bonds. The zero-order valence-corrected chi connectivity index (χ0v) is 21.0. The van der Waals surface area contributed by atoms with Crippen molar-refractivity contribution in [3.8, 4) is 22.7 Å². The first kappa shape index (κ1) is 24.3. The summed E-state index contributed by atoms with van der Waals surface area (Å²) in [5, 5.41) is 7.42. The highest BCUT2D eigenvalue weighted by Crippen LogP contribution is 2.38. The molecule has 4 aromatic rings. The van der Waals surface area contributed by atoms with Crippen LogP contribution in [0.5, 0.6) is 5.75 Å². The van der Waals surface area contributed by atoms with Gasteiger partial charge in [0.15, 0.2) is 15.5 Å². The van der Waals surface area contributed by atoms with E-state index >= 15 is 0 Å². The summed E-state index contributed by atoms with van der Waals surface area (Å²) in [5.74, 6) is -0.266. The SMILES string of the molecule is COc1ccc(C(=O)Nc2ccc3c(c2)-c2c(c(C(N)=O)nn2-c2ccc(S(C)(=O)=O)cc2)CC3)cc1. The number of ether oxygens (including phenoxy) is 1. The number of primary amides is 1. The number of nitrogens with zero attached hydrogens (tertiary/aromatic N) is 2. The highest BCUT2D eigenvalue weighted by atomic mass is 32.2. The number of fused-ring (bicyclic) bond motifs is 3. The quantitative estimate of drug-likeness (QED) is 0.404. The fourth-order valence-corrected chi connectivity index (χ4v) is 5.11. The van der Waals surface area contributed by atoms with Crippen molar-refractivity contribution < 1.29 is 22.7 Å². The van der Waals surface area contributed by atoms with Gasteiger partial charge in [-0.3, -0.25) is 9.59 Å². The van der Waals surface area contributed by atoms with E-state index < -0.39 is 15.7 Å². The molecule has 0 aliphatic heterocycles. The number of benzene rings is 3. The van der Waals surface area contributed by atoms with Gasteiger partial charge in [0, 0.05) is 28.6 Å². The molecular formula is C27H24N4O5S. The highest BCUT2D eigenvalue weighted by molar-refractivity contribution is 7.90. The molecule has 37 heavy (non-hydrogen) atoms. The van der Waals surface area contributed by atoms with Gasteiger partial charge in [-0.15, -0.1) is 0 Å². The molecule has 0 saturated carbocycles. The number of aryl methyl sites for hydroxylation is 1. The number of carbonyl (C=O) groups is 2. The maximum Gasteiger partial charge on any atom is 0.269 e. The summed E-state index contributed by atoms with van der Waals surface area (Å²) in [6.45, 7) is 0. The van der Waals surface area contributed by atoms with Crippen molar-refractivity contribution in [3.63, 3.8) is 0 Å². The van der Waals surface area contributed by atoms with Gasteiger partial charge in [-0.25, -0.2) is 13.1 Å². The highest BCUT2D eigenvalue weighted by Gasteiger charge is 2.28. The Bertz CT molecular complexity index is 1640. The molecule has 9 nitrogen and oxygen atoms in total. The molecule has 5 rings (SSSR count). The molecule has 0 spiro atoms. The van der Waals surface area contributed by atoms with Crippen molar-refractivity contribution in [2.45, 2.75) is 17.7 Å². The van der Waals surface area contributed by atoms with Crippen LogP contribution in [0, 0.1) is 0 Å². The fraction of sp³-hybridized carbons (Fsp3) is 0.148. The minimum Gasteiger partial charge on any atom is -0.497 e. The second-order valence-corrected chi connectivity index (χ2v) is 10.8. The number of nitrogens with two attached hydrogens (primary N) is 1. The molecule has 0 radical (unpaired) electrons. The Morgan fingerprint density at radius 1 is 1.00 bits per heavy atom. The van der Waals surface area contributed by atoms with Gasteiger partial charge < -0.3 is 15.8 Å². The number of hydrogen-bond donors (Lipinski definition) is 2. The molecule has 188 valence electrons. The summed E-state index contributed by atoms with van der Waals surface area (Å²) in [5.41, 5.74) is 10.7. The Balaban J connectivity index is 1.57. The van der Waals surface area contributed by atoms with E-state index in [0.717, 1.165) is 17.4 Å². The predicted molar refractivity (Wildman–Crippen MR) is 139 cm³/mol. The van der Waals surface area contributed by atoms with Gasteiger partial charge in [0.25, 0.3) is 11.8 Å². The molecule has 1 aliphatic carbocycles. The number of carbonyl (C=O) groups excluding carboxylic acids is 2. The first-order valence-electron chi connectivity index (χ1n) is 11.5. The van der Waals surface area contributed by atoms with Crippen LogP contribution >= 0.6 is 0 Å². The third kappa shape index (κ3) is 4.58. The second kappa shape index (κ2) is 9.21. The number of anilines is 1. The minimum absolute atomic E-state index is 0.167. The van der Waals surface area contributed by atoms with Crippen LogP contribution in [0.4, 0.5) is 5.69 Å². The van der Waals surface area contributed by atoms with Crippen LogP contribution in [0.25, 0.3) is 16.9 Å². The van der Waals surface area contributed by atoms with Crippen LogP contribution in [0.15, 0.2) is 71.6 Å². The monoisotopic (exact) mass is 516 g/mol. The third-order valence-electron chi connectivity index (χ3n) is 6.35. The molecule has 1 aromatic heterocycles. The topological polar surface area (TPSA) is 133 Å². The average molecular weight is 517 g/mol. The lowest BCUT2D eigenvalue weighted by Crippen LogP contribution is -2.15. The Morgan fingerprint density at radius 3 is 2.32 bits per heavy atom. The number of hydrogen-bond acceptors (Lipinski definition) is 6. The van der Waals surface area contributed by atoms with Gasteiger partial charge in [0.1, 0.15) is 5.75 Å². The zero-order valence-electron chi connectivity index (χ0n) is 20.2. The van der Waals surface area contributed by atoms with E-state index in [9.17, 15) is 18.0 Å². The maximum absolute atomic E-state index is 12.8. The van der Waals surface area contributed by atoms with Crippen molar-refractivity contribution in [1.29, 1.82) is 0 Å². The lowest BCUT2D eigenvalue weighted by atomic mass is 9.88. The van der Waals surface area contributed by atoms with Crippen LogP contribution in [-0.2, 0) is 22.7 Å². The van der Waals surface area contributed by atoms with Gasteiger partial charge in [0.2, 0.25) is 0 Å². The van der Waals surface area contributed by atoms with Crippen molar-refractivity contribution in [1.82, 2.24) is 9.78 Å². The van der Waals surface area contributed by atoms with Crippen molar-refractivity contribution in [3.05, 3.63) is 89.1 Å². The van der Waals surface area contributed by atoms with Gasteiger partial charge in [-0.2, -0.15) is 5.10 Å². The van der Waals surface area contributed by atoms with Crippen LogP contribution in [0.1, 0.15) is 32.0 Å². The first-order chi connectivity index (χ1) is 17.7. The van der Waals surface area contributed by atoms with Crippen molar-refractivity contribution in [2.75, 3.05) is 18.7 Å². The predicted octanol–water partition coefficient (Wildman–Crippen LogP) is 3.40. The lowest BCUT2D eigenvalue weighted by molar-refractivity contribution is 0.0992. The fourth-order valence-electron chi connectivity index (χ4n) is 4.48. The Morgan fingerprint density at radius 2 is 1.70 bits per heavy atom. The van der Waals surface area contributed by atoms with Gasteiger partial charge in [-0.1, -0.05) is 6.07 Å². The lowest BCUT2D eigenvalue weighted by Gasteiger charge is -2.20. The van der Waals surface area contributed by atoms with Crippen LogP contribution in [0.2, 0.25) is 0 Å². The van der Waals surface area contributed by atoms with Crippen LogP contribution in [0.3, 0.4) is 0 Å². The van der Waals surface area contributed by atoms with E-state index in [1.807, 2.05) is 18.2 Å². The van der Waals surface area contributed by atoms with Crippen LogP contribution in [-0.4, -0.2) is 43.4 Å². The second-order valence-electron chi connectivity index (χ2n) is 8.77. The van der Waals surface area contributed by atoms with Crippen molar-refractivity contribution >= 4 is 27.3 Å². The molecule has 0 bridgehead atoms. The number of nitrogens with one attached hydrogen (secondary N) is 1. The van der Waals surface area contributed by atoms with E-state index in [-0.39, 0.29) is 16.5 Å².